The van der Waals surface area contributed by atoms with E-state index in [1.54, 1.807) is 9.80 Å². The fraction of sp³-hybridized carbons (Fsp3) is 0.875. The van der Waals surface area contributed by atoms with Crippen LogP contribution < -0.4 is 5.32 Å². The maximum absolute atomic E-state index is 12.2. The Labute approximate surface area is 138 Å². The minimum absolute atomic E-state index is 0.0812. The second-order valence-corrected chi connectivity index (χ2v) is 7.76. The summed E-state index contributed by atoms with van der Waals surface area (Å²) < 4.78 is 10.5. The van der Waals surface area contributed by atoms with Crippen LogP contribution in [-0.4, -0.2) is 79.9 Å². The van der Waals surface area contributed by atoms with Crippen molar-refractivity contribution < 1.29 is 19.1 Å². The lowest BCUT2D eigenvalue weighted by atomic mass is 9.89. The third-order valence-electron chi connectivity index (χ3n) is 4.01. The predicted molar refractivity (Wildman–Crippen MR) is 86.2 cm³/mol. The van der Waals surface area contributed by atoms with Crippen LogP contribution in [0.15, 0.2) is 0 Å². The molecular weight excluding hydrogens is 298 g/mol. The van der Waals surface area contributed by atoms with Crippen LogP contribution in [0.5, 0.6) is 0 Å². The van der Waals surface area contributed by atoms with E-state index in [-0.39, 0.29) is 17.4 Å². The average molecular weight is 327 g/mol. The molecule has 2 heterocycles. The molecule has 7 heteroatoms. The van der Waals surface area contributed by atoms with Gasteiger partial charge in [-0.25, -0.2) is 4.79 Å². The number of hydrogen-bond acceptors (Lipinski definition) is 5. The van der Waals surface area contributed by atoms with Gasteiger partial charge < -0.3 is 24.6 Å². The van der Waals surface area contributed by atoms with E-state index in [0.29, 0.717) is 32.7 Å². The van der Waals surface area contributed by atoms with Crippen LogP contribution in [0, 0.1) is 5.41 Å². The first kappa shape index (κ1) is 18.0. The van der Waals surface area contributed by atoms with Crippen LogP contribution in [0.3, 0.4) is 0 Å². The van der Waals surface area contributed by atoms with Crippen LogP contribution in [0.25, 0.3) is 0 Å². The number of nitrogens with one attached hydrogen (secondary N) is 1. The second kappa shape index (κ2) is 7.05. The zero-order valence-corrected chi connectivity index (χ0v) is 14.7. The molecule has 0 aromatic rings. The smallest absolute Gasteiger partial charge is 0.410 e. The molecule has 1 N–H and O–H groups in total. The summed E-state index contributed by atoms with van der Waals surface area (Å²) in [5, 5.41) is 3.21. The zero-order valence-electron chi connectivity index (χ0n) is 14.7. The van der Waals surface area contributed by atoms with Crippen molar-refractivity contribution in [1.29, 1.82) is 0 Å². The van der Waals surface area contributed by atoms with Crippen molar-refractivity contribution in [3.63, 3.8) is 0 Å². The number of carbonyl (C=O) groups excluding carboxylic acids is 2. The molecule has 0 radical (unpaired) electrons. The Morgan fingerprint density at radius 1 is 1.13 bits per heavy atom. The summed E-state index contributed by atoms with van der Waals surface area (Å²) in [6, 6.07) is 0. The maximum atomic E-state index is 12.2. The first-order chi connectivity index (χ1) is 10.7. The fourth-order valence-corrected chi connectivity index (χ4v) is 2.60. The quantitative estimate of drug-likeness (QED) is 0.823. The van der Waals surface area contributed by atoms with Crippen molar-refractivity contribution in [2.24, 2.45) is 5.41 Å². The van der Waals surface area contributed by atoms with Crippen molar-refractivity contribution in [3.05, 3.63) is 0 Å². The van der Waals surface area contributed by atoms with Crippen molar-refractivity contribution >= 4 is 12.0 Å². The number of carbonyl (C=O) groups is 2. The zero-order chi connectivity index (χ0) is 17.1. The van der Waals surface area contributed by atoms with Crippen LogP contribution in [0.2, 0.25) is 0 Å². The van der Waals surface area contributed by atoms with Gasteiger partial charge in [-0.3, -0.25) is 4.79 Å². The molecule has 0 aliphatic carbocycles. The molecule has 2 aliphatic rings. The first-order valence-corrected chi connectivity index (χ1v) is 8.23. The average Bonchev–Trinajstić information content (AvgIpc) is 2.43. The molecule has 0 saturated carbocycles. The van der Waals surface area contributed by atoms with Gasteiger partial charge >= 0.3 is 6.09 Å². The van der Waals surface area contributed by atoms with Crippen LogP contribution in [0.1, 0.15) is 27.7 Å². The lowest BCUT2D eigenvalue weighted by Crippen LogP contribution is -2.54. The van der Waals surface area contributed by atoms with Crippen molar-refractivity contribution in [2.75, 3.05) is 52.5 Å². The number of ether oxygens (including phenoxy) is 2. The molecular formula is C16H29N3O4. The van der Waals surface area contributed by atoms with Gasteiger partial charge in [-0.05, 0) is 20.8 Å². The van der Waals surface area contributed by atoms with Crippen LogP contribution in [0.4, 0.5) is 4.79 Å². The minimum atomic E-state index is -0.491. The summed E-state index contributed by atoms with van der Waals surface area (Å²) in [5.74, 6) is 0.0812. The summed E-state index contributed by atoms with van der Waals surface area (Å²) in [6.45, 7) is 12.5. The monoisotopic (exact) mass is 327 g/mol. The van der Waals surface area contributed by atoms with E-state index in [0.717, 1.165) is 19.8 Å². The highest BCUT2D eigenvalue weighted by molar-refractivity contribution is 5.78. The van der Waals surface area contributed by atoms with E-state index < -0.39 is 5.60 Å². The number of amides is 2. The highest BCUT2D eigenvalue weighted by atomic mass is 16.6. The largest absolute Gasteiger partial charge is 0.444 e. The summed E-state index contributed by atoms with van der Waals surface area (Å²) in [4.78, 5) is 27.6. The van der Waals surface area contributed by atoms with Gasteiger partial charge in [-0.15, -0.1) is 0 Å². The normalized spacial score (nSPS) is 20.9. The number of hydrogen-bond donors (Lipinski definition) is 1. The topological polar surface area (TPSA) is 71.1 Å². The third kappa shape index (κ3) is 5.35. The van der Waals surface area contributed by atoms with E-state index >= 15 is 0 Å². The van der Waals surface area contributed by atoms with Gasteiger partial charge in [0.2, 0.25) is 5.91 Å². The molecule has 0 aromatic carbocycles. The highest BCUT2D eigenvalue weighted by Crippen LogP contribution is 2.24. The molecule has 0 spiro atoms. The Bertz CT molecular complexity index is 435. The van der Waals surface area contributed by atoms with Crippen LogP contribution >= 0.6 is 0 Å². The van der Waals surface area contributed by atoms with Gasteiger partial charge in [0, 0.05) is 38.1 Å². The van der Waals surface area contributed by atoms with Gasteiger partial charge in [0.25, 0.3) is 0 Å². The summed E-state index contributed by atoms with van der Waals surface area (Å²) in [5.41, 5.74) is -0.328. The van der Waals surface area contributed by atoms with E-state index in [4.69, 9.17) is 9.47 Å². The standard InChI is InChI=1S/C16H29N3O4/c1-15(2,3)23-14(21)19-7-5-18(6-8-19)13(20)9-17-10-16(4)11-22-12-16/h17H,5-12H2,1-4H3. The molecule has 0 aromatic heterocycles. The molecule has 2 fully saturated rings. The molecule has 0 bridgehead atoms. The van der Waals surface area contributed by atoms with E-state index in [1.165, 1.54) is 0 Å². The number of rotatable bonds is 4. The van der Waals surface area contributed by atoms with Crippen molar-refractivity contribution in [2.45, 2.75) is 33.3 Å². The predicted octanol–water partition coefficient (Wildman–Crippen LogP) is 0.692. The highest BCUT2D eigenvalue weighted by Gasteiger charge is 2.33. The molecule has 7 nitrogen and oxygen atoms in total. The molecule has 0 unspecified atom stereocenters. The van der Waals surface area contributed by atoms with Gasteiger partial charge in [-0.1, -0.05) is 6.92 Å². The lowest BCUT2D eigenvalue weighted by Gasteiger charge is -2.38. The Kier molecular flexibility index (Phi) is 5.52. The third-order valence-corrected chi connectivity index (χ3v) is 4.01. The Morgan fingerprint density at radius 3 is 2.17 bits per heavy atom. The molecule has 2 rings (SSSR count). The van der Waals surface area contributed by atoms with Crippen LogP contribution in [-0.2, 0) is 14.3 Å². The number of nitrogens with zero attached hydrogens (tertiary/aromatic N) is 2. The maximum Gasteiger partial charge on any atom is 0.410 e. The van der Waals surface area contributed by atoms with Gasteiger partial charge in [0.15, 0.2) is 0 Å². The molecule has 0 atom stereocenters. The number of piperazine rings is 1. The summed E-state index contributed by atoms with van der Waals surface area (Å²) in [6.07, 6.45) is -0.305. The molecule has 132 valence electrons. The van der Waals surface area contributed by atoms with Crippen molar-refractivity contribution in [3.8, 4) is 0 Å². The lowest BCUT2D eigenvalue weighted by molar-refractivity contribution is -0.133. The molecule has 2 amide bonds. The Hall–Kier alpha value is -1.34. The second-order valence-electron chi connectivity index (χ2n) is 7.76. The molecule has 23 heavy (non-hydrogen) atoms. The van der Waals surface area contributed by atoms with Gasteiger partial charge in [-0.2, -0.15) is 0 Å². The molecule has 2 saturated heterocycles. The molecule has 2 aliphatic heterocycles. The summed E-state index contributed by atoms with van der Waals surface area (Å²) in [7, 11) is 0. The van der Waals surface area contributed by atoms with Gasteiger partial charge in [0.05, 0.1) is 19.8 Å². The SMILES string of the molecule is CC1(CNCC(=O)N2CCN(C(=O)OC(C)(C)C)CC2)COC1. The fourth-order valence-electron chi connectivity index (χ4n) is 2.60. The Morgan fingerprint density at radius 2 is 1.70 bits per heavy atom. The van der Waals surface area contributed by atoms with E-state index in [9.17, 15) is 9.59 Å². The Balaban J connectivity index is 1.67. The van der Waals surface area contributed by atoms with E-state index in [1.807, 2.05) is 20.8 Å². The first-order valence-electron chi connectivity index (χ1n) is 8.23. The summed E-state index contributed by atoms with van der Waals surface area (Å²) >= 11 is 0. The minimum Gasteiger partial charge on any atom is -0.444 e. The van der Waals surface area contributed by atoms with Crippen molar-refractivity contribution in [1.82, 2.24) is 15.1 Å². The van der Waals surface area contributed by atoms with Gasteiger partial charge in [0.1, 0.15) is 5.60 Å². The van der Waals surface area contributed by atoms with E-state index in [2.05, 4.69) is 12.2 Å².